The van der Waals surface area contributed by atoms with Gasteiger partial charge in [0.2, 0.25) is 0 Å². The lowest BCUT2D eigenvalue weighted by Crippen LogP contribution is -2.14. The molecular weight excluding hydrogens is 398 g/mol. The van der Waals surface area contributed by atoms with Crippen molar-refractivity contribution in [2.75, 3.05) is 19.0 Å². The average molecular weight is 415 g/mol. The SMILES string of the molecule is COc1ccc(Nc2nc(COC(=O)COc3ccc([N+](=O)[O-])cc3)cs2)cc1. The van der Waals surface area contributed by atoms with Crippen LogP contribution in [0.15, 0.2) is 53.9 Å². The minimum absolute atomic E-state index is 0.0171. The van der Waals surface area contributed by atoms with Gasteiger partial charge in [-0.1, -0.05) is 0 Å². The van der Waals surface area contributed by atoms with E-state index in [0.29, 0.717) is 16.6 Å². The van der Waals surface area contributed by atoms with Crippen molar-refractivity contribution in [2.24, 2.45) is 0 Å². The quantitative estimate of drug-likeness (QED) is 0.318. The number of methoxy groups -OCH3 is 1. The minimum atomic E-state index is -0.569. The highest BCUT2D eigenvalue weighted by Crippen LogP contribution is 2.23. The van der Waals surface area contributed by atoms with E-state index in [4.69, 9.17) is 14.2 Å². The lowest BCUT2D eigenvalue weighted by atomic mass is 10.3. The number of hydrogen-bond donors (Lipinski definition) is 1. The van der Waals surface area contributed by atoms with E-state index in [0.717, 1.165) is 11.4 Å². The van der Waals surface area contributed by atoms with Crippen LogP contribution < -0.4 is 14.8 Å². The number of thiazole rings is 1. The van der Waals surface area contributed by atoms with E-state index >= 15 is 0 Å². The van der Waals surface area contributed by atoms with E-state index in [-0.39, 0.29) is 18.9 Å². The molecule has 0 unspecified atom stereocenters. The van der Waals surface area contributed by atoms with Gasteiger partial charge in [-0.2, -0.15) is 0 Å². The van der Waals surface area contributed by atoms with Gasteiger partial charge < -0.3 is 19.5 Å². The van der Waals surface area contributed by atoms with E-state index in [9.17, 15) is 14.9 Å². The molecule has 0 saturated heterocycles. The van der Waals surface area contributed by atoms with Gasteiger partial charge in [-0.15, -0.1) is 11.3 Å². The number of nitrogens with zero attached hydrogens (tertiary/aromatic N) is 2. The molecule has 0 saturated carbocycles. The summed E-state index contributed by atoms with van der Waals surface area (Å²) >= 11 is 1.39. The zero-order chi connectivity index (χ0) is 20.6. The van der Waals surface area contributed by atoms with Crippen molar-refractivity contribution in [3.8, 4) is 11.5 Å². The normalized spacial score (nSPS) is 10.2. The third kappa shape index (κ3) is 5.91. The van der Waals surface area contributed by atoms with Crippen molar-refractivity contribution in [1.29, 1.82) is 0 Å². The molecule has 2 aromatic carbocycles. The summed E-state index contributed by atoms with van der Waals surface area (Å²) < 4.78 is 15.5. The number of benzene rings is 2. The van der Waals surface area contributed by atoms with E-state index in [1.54, 1.807) is 12.5 Å². The molecular formula is C19H17N3O6S. The van der Waals surface area contributed by atoms with Crippen molar-refractivity contribution in [1.82, 2.24) is 4.98 Å². The first kappa shape index (κ1) is 20.1. The lowest BCUT2D eigenvalue weighted by molar-refractivity contribution is -0.384. The second-order valence-electron chi connectivity index (χ2n) is 5.70. The number of nitro groups is 1. The van der Waals surface area contributed by atoms with Crippen molar-refractivity contribution in [3.05, 3.63) is 69.7 Å². The van der Waals surface area contributed by atoms with Crippen molar-refractivity contribution >= 4 is 33.8 Å². The van der Waals surface area contributed by atoms with Gasteiger partial charge >= 0.3 is 5.97 Å². The number of hydrogen-bond acceptors (Lipinski definition) is 9. The number of esters is 1. The maximum atomic E-state index is 11.8. The van der Waals surface area contributed by atoms with Crippen molar-refractivity contribution in [3.63, 3.8) is 0 Å². The van der Waals surface area contributed by atoms with Gasteiger partial charge in [-0.25, -0.2) is 9.78 Å². The Bertz CT molecular complexity index is 972. The second kappa shape index (κ2) is 9.51. The van der Waals surface area contributed by atoms with Crippen LogP contribution in [0.5, 0.6) is 11.5 Å². The molecule has 3 rings (SSSR count). The van der Waals surface area contributed by atoms with Crippen LogP contribution in [0.3, 0.4) is 0 Å². The largest absolute Gasteiger partial charge is 0.497 e. The summed E-state index contributed by atoms with van der Waals surface area (Å²) in [6.07, 6.45) is 0. The molecule has 1 heterocycles. The third-order valence-electron chi connectivity index (χ3n) is 3.68. The number of nitro benzene ring substituents is 1. The fraction of sp³-hybridized carbons (Fsp3) is 0.158. The van der Waals surface area contributed by atoms with Crippen molar-refractivity contribution < 1.29 is 23.9 Å². The Morgan fingerprint density at radius 1 is 1.14 bits per heavy atom. The molecule has 3 aromatic rings. The van der Waals surface area contributed by atoms with Gasteiger partial charge in [-0.05, 0) is 36.4 Å². The van der Waals surface area contributed by atoms with Gasteiger partial charge in [0, 0.05) is 23.2 Å². The van der Waals surface area contributed by atoms with Gasteiger partial charge in [0.15, 0.2) is 11.7 Å². The molecule has 0 amide bonds. The number of nitrogens with one attached hydrogen (secondary N) is 1. The molecule has 1 N–H and O–H groups in total. The number of aromatic nitrogens is 1. The smallest absolute Gasteiger partial charge is 0.344 e. The first-order valence-electron chi connectivity index (χ1n) is 8.42. The average Bonchev–Trinajstić information content (AvgIpc) is 3.19. The number of non-ortho nitro benzene ring substituents is 1. The van der Waals surface area contributed by atoms with Crippen LogP contribution in [-0.4, -0.2) is 29.6 Å². The Hall–Kier alpha value is -3.66. The first-order chi connectivity index (χ1) is 14.0. The van der Waals surface area contributed by atoms with E-state index in [1.807, 2.05) is 24.3 Å². The van der Waals surface area contributed by atoms with Crippen LogP contribution in [0.25, 0.3) is 0 Å². The summed E-state index contributed by atoms with van der Waals surface area (Å²) in [7, 11) is 1.60. The molecule has 0 fully saturated rings. The van der Waals surface area contributed by atoms with E-state index in [1.165, 1.54) is 35.6 Å². The molecule has 0 radical (unpaired) electrons. The predicted octanol–water partition coefficient (Wildman–Crippen LogP) is 3.93. The zero-order valence-electron chi connectivity index (χ0n) is 15.4. The monoisotopic (exact) mass is 415 g/mol. The molecule has 10 heteroatoms. The van der Waals surface area contributed by atoms with E-state index in [2.05, 4.69) is 10.3 Å². The Morgan fingerprint density at radius 2 is 1.83 bits per heavy atom. The molecule has 29 heavy (non-hydrogen) atoms. The second-order valence-corrected chi connectivity index (χ2v) is 6.56. The lowest BCUT2D eigenvalue weighted by Gasteiger charge is -2.06. The number of ether oxygens (including phenoxy) is 3. The van der Waals surface area contributed by atoms with E-state index < -0.39 is 10.9 Å². The van der Waals surface area contributed by atoms with Gasteiger partial charge in [-0.3, -0.25) is 10.1 Å². The fourth-order valence-electron chi connectivity index (χ4n) is 2.23. The number of carbonyl (C=O) groups excluding carboxylic acids is 1. The highest BCUT2D eigenvalue weighted by Gasteiger charge is 2.09. The minimum Gasteiger partial charge on any atom is -0.497 e. The summed E-state index contributed by atoms with van der Waals surface area (Å²) in [5.41, 5.74) is 1.41. The van der Waals surface area contributed by atoms with Crippen LogP contribution in [-0.2, 0) is 16.1 Å². The Kier molecular flexibility index (Phi) is 6.59. The molecule has 0 spiro atoms. The van der Waals surface area contributed by atoms with Gasteiger partial charge in [0.25, 0.3) is 5.69 Å². The molecule has 0 atom stereocenters. The van der Waals surface area contributed by atoms with Crippen LogP contribution in [0, 0.1) is 10.1 Å². The summed E-state index contributed by atoms with van der Waals surface area (Å²) in [6.45, 7) is -0.290. The van der Waals surface area contributed by atoms with Crippen LogP contribution >= 0.6 is 11.3 Å². The summed E-state index contributed by atoms with van der Waals surface area (Å²) in [5.74, 6) is 0.534. The fourth-order valence-corrected chi connectivity index (χ4v) is 2.95. The number of anilines is 2. The van der Waals surface area contributed by atoms with Gasteiger partial charge in [0.05, 0.1) is 17.7 Å². The maximum absolute atomic E-state index is 11.8. The Balaban J connectivity index is 1.43. The highest BCUT2D eigenvalue weighted by molar-refractivity contribution is 7.13. The topological polar surface area (TPSA) is 113 Å². The summed E-state index contributed by atoms with van der Waals surface area (Å²) in [5, 5.41) is 16.2. The summed E-state index contributed by atoms with van der Waals surface area (Å²) in [4.78, 5) is 26.3. The highest BCUT2D eigenvalue weighted by atomic mass is 32.1. The zero-order valence-corrected chi connectivity index (χ0v) is 16.2. The third-order valence-corrected chi connectivity index (χ3v) is 4.48. The standard InChI is InChI=1S/C19H17N3O6S/c1-26-16-6-2-13(3-7-16)20-19-21-14(12-29-19)10-28-18(23)11-27-17-8-4-15(5-9-17)22(24)25/h2-9,12H,10-11H2,1H3,(H,20,21). The Labute approximate surface area is 170 Å². The molecule has 0 aliphatic carbocycles. The Morgan fingerprint density at radius 3 is 2.48 bits per heavy atom. The predicted molar refractivity (Wildman–Crippen MR) is 107 cm³/mol. The molecule has 150 valence electrons. The molecule has 0 aliphatic heterocycles. The summed E-state index contributed by atoms with van der Waals surface area (Å²) in [6, 6.07) is 12.9. The molecule has 0 bridgehead atoms. The van der Waals surface area contributed by atoms with Crippen LogP contribution in [0.4, 0.5) is 16.5 Å². The van der Waals surface area contributed by atoms with Gasteiger partial charge in [0.1, 0.15) is 18.1 Å². The van der Waals surface area contributed by atoms with Crippen LogP contribution in [0.1, 0.15) is 5.69 Å². The molecule has 9 nitrogen and oxygen atoms in total. The first-order valence-corrected chi connectivity index (χ1v) is 9.30. The number of rotatable bonds is 9. The number of carbonyl (C=O) groups is 1. The van der Waals surface area contributed by atoms with Crippen LogP contribution in [0.2, 0.25) is 0 Å². The molecule has 1 aromatic heterocycles. The maximum Gasteiger partial charge on any atom is 0.344 e. The van der Waals surface area contributed by atoms with Crippen molar-refractivity contribution in [2.45, 2.75) is 6.61 Å². The molecule has 0 aliphatic rings.